The van der Waals surface area contributed by atoms with Gasteiger partial charge in [-0.25, -0.2) is 0 Å². The highest BCUT2D eigenvalue weighted by atomic mass is 32.1. The predicted molar refractivity (Wildman–Crippen MR) is 93.1 cm³/mol. The Morgan fingerprint density at radius 3 is 1.76 bits per heavy atom. The van der Waals surface area contributed by atoms with E-state index in [4.69, 9.17) is 0 Å². The lowest BCUT2D eigenvalue weighted by atomic mass is 10.4. The molecule has 0 atom stereocenters. The minimum atomic E-state index is -2.89. The Bertz CT molecular complexity index is 733. The van der Waals surface area contributed by atoms with E-state index in [-0.39, 0.29) is 0 Å². The van der Waals surface area contributed by atoms with Gasteiger partial charge in [0.2, 0.25) is 0 Å². The van der Waals surface area contributed by atoms with Crippen molar-refractivity contribution < 1.29 is 4.57 Å². The molecule has 0 radical (unpaired) electrons. The average molecular weight is 310 g/mol. The van der Waals surface area contributed by atoms with Crippen LogP contribution in [0, 0.1) is 0 Å². The van der Waals surface area contributed by atoms with Gasteiger partial charge in [-0.2, -0.15) is 0 Å². The van der Waals surface area contributed by atoms with E-state index in [1.165, 1.54) is 0 Å². The number of hydrogen-bond donors (Lipinski definition) is 0. The first-order valence-electron chi connectivity index (χ1n) is 6.67. The standard InChI is InChI=1S/C18H15OPS/c1-15(18-13-8-14-21-18)20(19,16-9-4-2-5-10-16)17-11-6-3-7-12-17/h2-14H,1H2. The second kappa shape index (κ2) is 5.85. The molecular weight excluding hydrogens is 295 g/mol. The van der Waals surface area contributed by atoms with Crippen molar-refractivity contribution in [1.82, 2.24) is 0 Å². The van der Waals surface area contributed by atoms with E-state index in [2.05, 4.69) is 6.58 Å². The maximum Gasteiger partial charge on any atom is 0.171 e. The molecule has 1 heterocycles. The average Bonchev–Trinajstić information content (AvgIpc) is 3.09. The third-order valence-corrected chi connectivity index (χ3v) is 7.56. The van der Waals surface area contributed by atoms with Gasteiger partial charge < -0.3 is 4.57 Å². The molecule has 0 spiro atoms. The molecular formula is C18H15OPS. The van der Waals surface area contributed by atoms with E-state index in [1.54, 1.807) is 11.3 Å². The molecule has 0 N–H and O–H groups in total. The maximum atomic E-state index is 13.9. The zero-order chi connectivity index (χ0) is 14.7. The first kappa shape index (κ1) is 14.1. The molecule has 0 aliphatic rings. The lowest BCUT2D eigenvalue weighted by Crippen LogP contribution is -2.16. The van der Waals surface area contributed by atoms with Crippen LogP contribution in [0.4, 0.5) is 0 Å². The van der Waals surface area contributed by atoms with Crippen molar-refractivity contribution in [1.29, 1.82) is 0 Å². The Hall–Kier alpha value is -1.89. The van der Waals surface area contributed by atoms with Gasteiger partial charge in [-0.05, 0) is 11.4 Å². The Balaban J connectivity index is 2.21. The van der Waals surface area contributed by atoms with Gasteiger partial charge in [0.05, 0.1) is 0 Å². The van der Waals surface area contributed by atoms with Crippen molar-refractivity contribution in [2.75, 3.05) is 0 Å². The second-order valence-electron chi connectivity index (χ2n) is 4.70. The van der Waals surface area contributed by atoms with Gasteiger partial charge >= 0.3 is 0 Å². The normalized spacial score (nSPS) is 11.2. The summed E-state index contributed by atoms with van der Waals surface area (Å²) >= 11 is 1.58. The number of rotatable bonds is 4. The van der Waals surface area contributed by atoms with Crippen LogP contribution in [0.3, 0.4) is 0 Å². The highest BCUT2D eigenvalue weighted by Gasteiger charge is 2.31. The summed E-state index contributed by atoms with van der Waals surface area (Å²) in [4.78, 5) is 0.978. The van der Waals surface area contributed by atoms with Crippen molar-refractivity contribution in [3.63, 3.8) is 0 Å². The SMILES string of the molecule is C=C(c1cccs1)P(=O)(c1ccccc1)c1ccccc1. The van der Waals surface area contributed by atoms with Gasteiger partial charge in [-0.3, -0.25) is 0 Å². The third-order valence-electron chi connectivity index (χ3n) is 3.43. The first-order chi connectivity index (χ1) is 10.2. The van der Waals surface area contributed by atoms with Crippen molar-refractivity contribution in [3.05, 3.63) is 89.6 Å². The van der Waals surface area contributed by atoms with Gasteiger partial charge in [-0.1, -0.05) is 73.3 Å². The zero-order valence-corrected chi connectivity index (χ0v) is 13.2. The van der Waals surface area contributed by atoms with Gasteiger partial charge in [-0.15, -0.1) is 11.3 Å². The first-order valence-corrected chi connectivity index (χ1v) is 9.26. The molecule has 3 rings (SSSR count). The van der Waals surface area contributed by atoms with Crippen molar-refractivity contribution >= 4 is 34.4 Å². The molecule has 104 valence electrons. The maximum absolute atomic E-state index is 13.9. The van der Waals surface area contributed by atoms with Crippen molar-refractivity contribution in [2.24, 2.45) is 0 Å². The molecule has 0 bridgehead atoms. The van der Waals surface area contributed by atoms with Crippen LogP contribution in [0.1, 0.15) is 4.88 Å². The van der Waals surface area contributed by atoms with Gasteiger partial charge in [0.15, 0.2) is 7.14 Å². The monoisotopic (exact) mass is 310 g/mol. The minimum Gasteiger partial charge on any atom is -0.309 e. The Morgan fingerprint density at radius 1 is 0.810 bits per heavy atom. The smallest absolute Gasteiger partial charge is 0.171 e. The third kappa shape index (κ3) is 2.53. The predicted octanol–water partition coefficient (Wildman–Crippen LogP) is 4.73. The van der Waals surface area contributed by atoms with Gasteiger partial charge in [0, 0.05) is 20.8 Å². The van der Waals surface area contributed by atoms with Crippen molar-refractivity contribution in [3.8, 4) is 0 Å². The summed E-state index contributed by atoms with van der Waals surface area (Å²) in [6, 6.07) is 23.2. The number of hydrogen-bond acceptors (Lipinski definition) is 2. The van der Waals surface area contributed by atoms with Crippen LogP contribution in [-0.4, -0.2) is 0 Å². The van der Waals surface area contributed by atoms with E-state index < -0.39 is 7.14 Å². The highest BCUT2D eigenvalue weighted by molar-refractivity contribution is 7.87. The molecule has 0 saturated heterocycles. The summed E-state index contributed by atoms with van der Waals surface area (Å²) in [6.45, 7) is 4.17. The number of thiophene rings is 1. The van der Waals surface area contributed by atoms with Gasteiger partial charge in [0.1, 0.15) is 0 Å². The lowest BCUT2D eigenvalue weighted by molar-refractivity contribution is 0.593. The Labute approximate surface area is 129 Å². The zero-order valence-electron chi connectivity index (χ0n) is 11.5. The van der Waals surface area contributed by atoms with Crippen LogP contribution in [0.5, 0.6) is 0 Å². The Morgan fingerprint density at radius 2 is 1.33 bits per heavy atom. The molecule has 3 aromatic rings. The van der Waals surface area contributed by atoms with E-state index in [1.807, 2.05) is 78.2 Å². The molecule has 2 aromatic carbocycles. The highest BCUT2D eigenvalue weighted by Crippen LogP contribution is 2.56. The number of benzene rings is 2. The summed E-state index contributed by atoms with van der Waals surface area (Å²) < 4.78 is 13.9. The molecule has 0 fully saturated rings. The fraction of sp³-hybridized carbons (Fsp3) is 0. The van der Waals surface area contributed by atoms with E-state index in [0.717, 1.165) is 15.5 Å². The minimum absolute atomic E-state index is 0.704. The molecule has 3 heteroatoms. The van der Waals surface area contributed by atoms with Crippen LogP contribution in [-0.2, 0) is 4.57 Å². The van der Waals surface area contributed by atoms with Gasteiger partial charge in [0.25, 0.3) is 0 Å². The summed E-state index contributed by atoms with van der Waals surface area (Å²) in [5, 5.41) is 4.35. The summed E-state index contributed by atoms with van der Waals surface area (Å²) in [7, 11) is -2.89. The fourth-order valence-electron chi connectivity index (χ4n) is 2.33. The summed E-state index contributed by atoms with van der Waals surface area (Å²) in [6.07, 6.45) is 0. The van der Waals surface area contributed by atoms with E-state index in [9.17, 15) is 4.57 Å². The van der Waals surface area contributed by atoms with Crippen LogP contribution >= 0.6 is 18.5 Å². The summed E-state index contributed by atoms with van der Waals surface area (Å²) in [5.74, 6) is 0. The largest absolute Gasteiger partial charge is 0.309 e. The van der Waals surface area contributed by atoms with E-state index >= 15 is 0 Å². The molecule has 0 amide bonds. The van der Waals surface area contributed by atoms with Crippen LogP contribution in [0.2, 0.25) is 0 Å². The van der Waals surface area contributed by atoms with Crippen LogP contribution in [0.15, 0.2) is 84.8 Å². The molecule has 0 saturated carbocycles. The van der Waals surface area contributed by atoms with Crippen molar-refractivity contribution in [2.45, 2.75) is 0 Å². The lowest BCUT2D eigenvalue weighted by Gasteiger charge is -2.21. The molecule has 0 aliphatic carbocycles. The molecule has 0 aliphatic heterocycles. The molecule has 21 heavy (non-hydrogen) atoms. The van der Waals surface area contributed by atoms with Crippen LogP contribution in [0.25, 0.3) is 5.31 Å². The molecule has 0 unspecified atom stereocenters. The topological polar surface area (TPSA) is 17.1 Å². The molecule has 1 aromatic heterocycles. The Kier molecular flexibility index (Phi) is 3.92. The van der Waals surface area contributed by atoms with Crippen LogP contribution < -0.4 is 10.6 Å². The van der Waals surface area contributed by atoms with E-state index in [0.29, 0.717) is 5.31 Å². The molecule has 1 nitrogen and oxygen atoms in total. The fourth-order valence-corrected chi connectivity index (χ4v) is 5.97. The quantitative estimate of drug-likeness (QED) is 0.637. The summed E-state index contributed by atoms with van der Waals surface area (Å²) in [5.41, 5.74) is 0. The second-order valence-corrected chi connectivity index (χ2v) is 8.44.